The number of anilines is 6. The van der Waals surface area contributed by atoms with Crippen molar-refractivity contribution in [3.63, 3.8) is 0 Å². The van der Waals surface area contributed by atoms with Gasteiger partial charge in [0.05, 0.1) is 13.1 Å². The number of hydrazine groups is 1. The van der Waals surface area contributed by atoms with Crippen LogP contribution in [0.15, 0.2) is 60.9 Å². The zero-order chi connectivity index (χ0) is 52.0. The van der Waals surface area contributed by atoms with Crippen LogP contribution in [0, 0.1) is 11.3 Å². The fourth-order valence-electron chi connectivity index (χ4n) is 7.63. The first-order valence-electron chi connectivity index (χ1n) is 25.2. The molecule has 0 unspecified atom stereocenters. The number of fused-ring (bicyclic) bond motifs is 2. The van der Waals surface area contributed by atoms with Gasteiger partial charge in [-0.2, -0.15) is 9.97 Å². The number of amides is 4. The average Bonchev–Trinajstić information content (AvgIpc) is 4.19. The summed E-state index contributed by atoms with van der Waals surface area (Å²) in [5, 5.41) is 9.52. The highest BCUT2D eigenvalue weighted by atomic mass is 16.6. The molecular formula is C53H78N12O6. The number of rotatable bonds is 16. The Morgan fingerprint density at radius 1 is 0.761 bits per heavy atom. The van der Waals surface area contributed by atoms with Gasteiger partial charge in [-0.25, -0.2) is 19.8 Å². The Morgan fingerprint density at radius 2 is 1.31 bits per heavy atom. The summed E-state index contributed by atoms with van der Waals surface area (Å²) in [5.74, 6) is 1.96. The van der Waals surface area contributed by atoms with Crippen molar-refractivity contribution in [3.05, 3.63) is 77.6 Å². The monoisotopic (exact) mass is 979 g/mol. The SMILES string of the molecule is CC.CC(C)(C)C.CCNc1ncc2c(n1)N(C)CCN(c1cccc(CCCN(C(=O)OC(C)(C)C)N3CCN(c4cccc(OCCN(C)C(=O)C5CC5)c4)C(=O)c4cnc(NCC)nc43)c1)C2=O. The predicted octanol–water partition coefficient (Wildman–Crippen LogP) is 8.80. The molecule has 4 amide bonds. The van der Waals surface area contributed by atoms with E-state index >= 15 is 0 Å². The van der Waals surface area contributed by atoms with E-state index < -0.39 is 11.7 Å². The summed E-state index contributed by atoms with van der Waals surface area (Å²) in [6.07, 6.45) is 5.45. The Hall–Kier alpha value is -6.72. The fraction of sp³-hybridized carbons (Fsp3) is 0.547. The number of likely N-dealkylation sites (N-methyl/N-ethyl adjacent to an activating group) is 2. The van der Waals surface area contributed by atoms with Gasteiger partial charge in [0.2, 0.25) is 17.8 Å². The summed E-state index contributed by atoms with van der Waals surface area (Å²) in [6.45, 7) is 25.7. The average molecular weight is 979 g/mol. The van der Waals surface area contributed by atoms with Gasteiger partial charge < -0.3 is 39.7 Å². The molecular weight excluding hydrogens is 901 g/mol. The Kier molecular flexibility index (Phi) is 19.4. The van der Waals surface area contributed by atoms with Crippen molar-refractivity contribution in [2.75, 3.05) is 103 Å². The van der Waals surface area contributed by atoms with Gasteiger partial charge in [0.15, 0.2) is 5.82 Å². The number of ether oxygens (including phenoxy) is 2. The number of carbonyl (C=O) groups is 4. The number of carbonyl (C=O) groups excluding carboxylic acids is 4. The van der Waals surface area contributed by atoms with E-state index in [-0.39, 0.29) is 54.7 Å². The topological polar surface area (TPSA) is 182 Å². The second kappa shape index (κ2) is 24.9. The molecule has 386 valence electrons. The van der Waals surface area contributed by atoms with Gasteiger partial charge in [0.25, 0.3) is 11.8 Å². The van der Waals surface area contributed by atoms with Crippen molar-refractivity contribution in [1.29, 1.82) is 0 Å². The first-order valence-corrected chi connectivity index (χ1v) is 25.2. The van der Waals surface area contributed by atoms with Crippen molar-refractivity contribution < 1.29 is 28.7 Å². The quantitative estimate of drug-likeness (QED) is 0.109. The van der Waals surface area contributed by atoms with Crippen molar-refractivity contribution in [1.82, 2.24) is 29.8 Å². The highest BCUT2D eigenvalue weighted by Gasteiger charge is 2.36. The normalized spacial score (nSPS) is 14.6. The van der Waals surface area contributed by atoms with Gasteiger partial charge in [-0.1, -0.05) is 59.7 Å². The third-order valence-electron chi connectivity index (χ3n) is 11.0. The maximum atomic E-state index is 14.5. The number of aromatic nitrogens is 4. The molecule has 0 atom stereocenters. The van der Waals surface area contributed by atoms with Crippen molar-refractivity contribution in [3.8, 4) is 5.75 Å². The number of nitrogens with zero attached hydrogens (tertiary/aromatic N) is 10. The zero-order valence-corrected chi connectivity index (χ0v) is 44.5. The summed E-state index contributed by atoms with van der Waals surface area (Å²) < 4.78 is 12.1. The molecule has 0 spiro atoms. The molecule has 2 aliphatic heterocycles. The molecule has 4 aromatic rings. The van der Waals surface area contributed by atoms with Crippen LogP contribution in [0.4, 0.5) is 39.7 Å². The third-order valence-corrected chi connectivity index (χ3v) is 11.0. The van der Waals surface area contributed by atoms with Gasteiger partial charge in [-0.05, 0) is 95.5 Å². The fourth-order valence-corrected chi connectivity index (χ4v) is 7.63. The van der Waals surface area contributed by atoms with Gasteiger partial charge >= 0.3 is 6.09 Å². The van der Waals surface area contributed by atoms with Gasteiger partial charge in [0.1, 0.15) is 34.9 Å². The van der Waals surface area contributed by atoms with E-state index in [2.05, 4.69) is 53.3 Å². The lowest BCUT2D eigenvalue weighted by Crippen LogP contribution is -2.51. The first kappa shape index (κ1) is 55.2. The Morgan fingerprint density at radius 3 is 1.89 bits per heavy atom. The third kappa shape index (κ3) is 15.6. The van der Waals surface area contributed by atoms with E-state index in [4.69, 9.17) is 14.5 Å². The van der Waals surface area contributed by atoms with Crippen LogP contribution in [0.25, 0.3) is 0 Å². The van der Waals surface area contributed by atoms with Crippen molar-refractivity contribution in [2.24, 2.45) is 11.3 Å². The number of hydrogen-bond donors (Lipinski definition) is 2. The van der Waals surface area contributed by atoms with Crippen LogP contribution in [0.3, 0.4) is 0 Å². The molecule has 71 heavy (non-hydrogen) atoms. The molecule has 3 aliphatic rings. The zero-order valence-electron chi connectivity index (χ0n) is 44.5. The van der Waals surface area contributed by atoms with E-state index in [1.807, 2.05) is 103 Å². The molecule has 2 aromatic heterocycles. The van der Waals surface area contributed by atoms with Crippen molar-refractivity contribution in [2.45, 2.75) is 107 Å². The maximum Gasteiger partial charge on any atom is 0.429 e. The van der Waals surface area contributed by atoms with E-state index in [1.54, 1.807) is 39.0 Å². The van der Waals surface area contributed by atoms with Crippen LogP contribution >= 0.6 is 0 Å². The summed E-state index contributed by atoms with van der Waals surface area (Å²) in [7, 11) is 3.71. The van der Waals surface area contributed by atoms with Crippen molar-refractivity contribution >= 4 is 58.7 Å². The largest absolute Gasteiger partial charge is 0.492 e. The lowest BCUT2D eigenvalue weighted by Gasteiger charge is -2.36. The van der Waals surface area contributed by atoms with E-state index in [1.165, 1.54) is 11.2 Å². The molecule has 18 nitrogen and oxygen atoms in total. The molecule has 4 heterocycles. The van der Waals surface area contributed by atoms with Gasteiger partial charge in [0, 0.05) is 89.1 Å². The standard InChI is InChI=1S/C46H60N12O6.C5H12.C2H6/c1-8-47-43-49-29-36-38(51-43)53(6)21-22-55(41(36)60)33-15-10-13-31(27-33)14-12-20-58(45(62)64-46(3,4)5)57-24-23-56(42(61)37-30-50-44(48-9-2)52-39(37)57)34-16-11-17-35(28-34)63-26-25-54(7)40(59)32-18-19-32;1-5(2,3)4;1-2/h10-11,13,15-17,27-30,32H,8-9,12,14,18-26H2,1-7H3,(H,47,49,51)(H,48,50,52);1-4H3;1-2H3. The van der Waals surface area contributed by atoms with E-state index in [9.17, 15) is 19.2 Å². The molecule has 0 radical (unpaired) electrons. The van der Waals surface area contributed by atoms with E-state index in [0.29, 0.717) is 92.3 Å². The molecule has 0 bridgehead atoms. The molecule has 0 saturated heterocycles. The number of nitrogens with one attached hydrogen (secondary N) is 2. The number of aryl methyl sites for hydroxylation is 1. The van der Waals surface area contributed by atoms with Crippen LogP contribution in [0.1, 0.15) is 122 Å². The predicted molar refractivity (Wildman–Crippen MR) is 283 cm³/mol. The Bertz CT molecular complexity index is 2430. The maximum absolute atomic E-state index is 14.5. The summed E-state index contributed by atoms with van der Waals surface area (Å²) in [4.78, 5) is 80.5. The minimum atomic E-state index is -0.813. The Labute approximate surface area is 421 Å². The first-order chi connectivity index (χ1) is 33.7. The Balaban J connectivity index is 0.00000126. The highest BCUT2D eigenvalue weighted by molar-refractivity contribution is 6.10. The summed E-state index contributed by atoms with van der Waals surface area (Å²) in [5.41, 5.74) is 2.65. The molecule has 2 N–H and O–H groups in total. The van der Waals surface area contributed by atoms with Crippen LogP contribution in [0.5, 0.6) is 5.75 Å². The van der Waals surface area contributed by atoms with Gasteiger partial charge in [-0.3, -0.25) is 19.4 Å². The second-order valence-corrected chi connectivity index (χ2v) is 20.1. The van der Waals surface area contributed by atoms with Gasteiger partial charge in [-0.15, -0.1) is 0 Å². The molecule has 1 fully saturated rings. The molecule has 18 heteroatoms. The lowest BCUT2D eigenvalue weighted by molar-refractivity contribution is -0.131. The smallest absolute Gasteiger partial charge is 0.429 e. The highest BCUT2D eigenvalue weighted by Crippen LogP contribution is 2.33. The summed E-state index contributed by atoms with van der Waals surface area (Å²) >= 11 is 0. The molecule has 1 aliphatic carbocycles. The minimum Gasteiger partial charge on any atom is -0.492 e. The van der Waals surface area contributed by atoms with Crippen LogP contribution in [-0.2, 0) is 16.0 Å². The van der Waals surface area contributed by atoms with Crippen LogP contribution < -0.4 is 35.1 Å². The van der Waals surface area contributed by atoms with Crippen LogP contribution in [0.2, 0.25) is 0 Å². The molecule has 2 aromatic carbocycles. The summed E-state index contributed by atoms with van der Waals surface area (Å²) in [6, 6.07) is 15.1. The molecule has 7 rings (SSSR count). The number of hydrogen-bond acceptors (Lipinski definition) is 14. The second-order valence-electron chi connectivity index (χ2n) is 20.1. The minimum absolute atomic E-state index is 0.130. The lowest BCUT2D eigenvalue weighted by atomic mass is 10.0. The van der Waals surface area contributed by atoms with E-state index in [0.717, 1.165) is 24.1 Å². The number of benzene rings is 2. The van der Waals surface area contributed by atoms with Crippen LogP contribution in [-0.4, -0.2) is 132 Å². The molecule has 1 saturated carbocycles.